The van der Waals surface area contributed by atoms with Gasteiger partial charge >= 0.3 is 5.97 Å². The lowest BCUT2D eigenvalue weighted by Crippen LogP contribution is -2.04. The molecule has 4 heteroatoms. The molecule has 0 aliphatic heterocycles. The molecule has 0 atom stereocenters. The van der Waals surface area contributed by atoms with Crippen molar-refractivity contribution in [3.8, 4) is 5.75 Å². The van der Waals surface area contributed by atoms with Gasteiger partial charge in [0.25, 0.3) is 0 Å². The number of ether oxygens (including phenoxy) is 1. The number of carboxylic acid groups (broad SMARTS) is 1. The highest BCUT2D eigenvalue weighted by molar-refractivity contribution is 5.88. The van der Waals surface area contributed by atoms with Crippen molar-refractivity contribution in [1.82, 2.24) is 4.57 Å². The summed E-state index contributed by atoms with van der Waals surface area (Å²) in [6.07, 6.45) is 1.79. The summed E-state index contributed by atoms with van der Waals surface area (Å²) in [4.78, 5) is 10.9. The Morgan fingerprint density at radius 2 is 1.94 bits per heavy atom. The van der Waals surface area contributed by atoms with Gasteiger partial charge in [0.05, 0.1) is 12.7 Å². The fourth-order valence-electron chi connectivity index (χ4n) is 1.88. The molecular formula is C14H15NO3. The van der Waals surface area contributed by atoms with E-state index in [2.05, 4.69) is 0 Å². The number of rotatable bonds is 4. The monoisotopic (exact) mass is 245 g/mol. The summed E-state index contributed by atoms with van der Waals surface area (Å²) in [7, 11) is 1.63. The fraction of sp³-hybridized carbons (Fsp3) is 0.214. The number of hydrogen-bond acceptors (Lipinski definition) is 2. The van der Waals surface area contributed by atoms with E-state index in [9.17, 15) is 4.79 Å². The third-order valence-electron chi connectivity index (χ3n) is 2.98. The van der Waals surface area contributed by atoms with Gasteiger partial charge in [0.2, 0.25) is 0 Å². The second kappa shape index (κ2) is 4.96. The van der Waals surface area contributed by atoms with Crippen LogP contribution in [0.25, 0.3) is 0 Å². The molecule has 0 bridgehead atoms. The summed E-state index contributed by atoms with van der Waals surface area (Å²) < 4.78 is 7.02. The molecule has 2 rings (SSSR count). The fourth-order valence-corrected chi connectivity index (χ4v) is 1.88. The number of aromatic carboxylic acids is 1. The Hall–Kier alpha value is -2.23. The molecule has 0 saturated heterocycles. The van der Waals surface area contributed by atoms with Crippen molar-refractivity contribution in [1.29, 1.82) is 0 Å². The van der Waals surface area contributed by atoms with Crippen LogP contribution in [0.5, 0.6) is 5.75 Å². The Labute approximate surface area is 105 Å². The van der Waals surface area contributed by atoms with Crippen LogP contribution in [0.4, 0.5) is 0 Å². The van der Waals surface area contributed by atoms with E-state index < -0.39 is 5.97 Å². The van der Waals surface area contributed by atoms with Crippen molar-refractivity contribution in [2.45, 2.75) is 13.5 Å². The Morgan fingerprint density at radius 1 is 1.28 bits per heavy atom. The second-order valence-electron chi connectivity index (χ2n) is 4.10. The highest BCUT2D eigenvalue weighted by Gasteiger charge is 2.10. The van der Waals surface area contributed by atoms with Gasteiger partial charge in [0, 0.05) is 18.4 Å². The number of benzene rings is 1. The SMILES string of the molecule is COc1ccc(Cn2ccc(C(=O)O)c2C)cc1. The molecule has 2 aromatic rings. The Balaban J connectivity index is 2.20. The summed E-state index contributed by atoms with van der Waals surface area (Å²) in [5.41, 5.74) is 2.22. The normalized spacial score (nSPS) is 10.3. The first-order chi connectivity index (χ1) is 8.61. The van der Waals surface area contributed by atoms with Crippen LogP contribution in [0, 0.1) is 6.92 Å². The van der Waals surface area contributed by atoms with Gasteiger partial charge in [0.1, 0.15) is 5.75 Å². The molecule has 1 heterocycles. The molecule has 4 nitrogen and oxygen atoms in total. The molecule has 1 N–H and O–H groups in total. The van der Waals surface area contributed by atoms with Gasteiger partial charge in [-0.2, -0.15) is 0 Å². The molecule has 1 aromatic carbocycles. The Bertz CT molecular complexity index is 555. The molecule has 0 aliphatic rings. The number of hydrogen-bond donors (Lipinski definition) is 1. The largest absolute Gasteiger partial charge is 0.497 e. The van der Waals surface area contributed by atoms with Crippen molar-refractivity contribution < 1.29 is 14.6 Å². The molecule has 0 saturated carbocycles. The second-order valence-corrected chi connectivity index (χ2v) is 4.10. The standard InChI is InChI=1S/C14H15NO3/c1-10-13(14(16)17)7-8-15(10)9-11-3-5-12(18-2)6-4-11/h3-8H,9H2,1-2H3,(H,16,17). The first-order valence-electron chi connectivity index (χ1n) is 5.64. The molecule has 0 unspecified atom stereocenters. The average molecular weight is 245 g/mol. The van der Waals surface area contributed by atoms with Crippen LogP contribution in [0.2, 0.25) is 0 Å². The molecule has 94 valence electrons. The topological polar surface area (TPSA) is 51.5 Å². The van der Waals surface area contributed by atoms with Gasteiger partial charge in [-0.05, 0) is 30.7 Å². The summed E-state index contributed by atoms with van der Waals surface area (Å²) in [6, 6.07) is 9.36. The van der Waals surface area contributed by atoms with Crippen LogP contribution in [0.3, 0.4) is 0 Å². The van der Waals surface area contributed by atoms with E-state index in [1.807, 2.05) is 35.8 Å². The van der Waals surface area contributed by atoms with Crippen LogP contribution in [0.15, 0.2) is 36.5 Å². The average Bonchev–Trinajstić information content (AvgIpc) is 2.72. The molecule has 0 fully saturated rings. The van der Waals surface area contributed by atoms with Gasteiger partial charge in [0.15, 0.2) is 0 Å². The predicted octanol–water partition coefficient (Wildman–Crippen LogP) is 2.55. The van der Waals surface area contributed by atoms with Crippen molar-refractivity contribution >= 4 is 5.97 Å². The lowest BCUT2D eigenvalue weighted by molar-refractivity contribution is 0.0696. The minimum atomic E-state index is -0.888. The van der Waals surface area contributed by atoms with E-state index in [-0.39, 0.29) is 0 Å². The molecular weight excluding hydrogens is 230 g/mol. The van der Waals surface area contributed by atoms with Crippen molar-refractivity contribution in [3.63, 3.8) is 0 Å². The number of methoxy groups -OCH3 is 1. The van der Waals surface area contributed by atoms with E-state index in [4.69, 9.17) is 9.84 Å². The maximum atomic E-state index is 10.9. The van der Waals surface area contributed by atoms with Crippen molar-refractivity contribution in [2.75, 3.05) is 7.11 Å². The summed E-state index contributed by atoms with van der Waals surface area (Å²) in [6.45, 7) is 2.47. The van der Waals surface area contributed by atoms with Crippen molar-refractivity contribution in [2.24, 2.45) is 0 Å². The lowest BCUT2D eigenvalue weighted by Gasteiger charge is -2.07. The zero-order valence-corrected chi connectivity index (χ0v) is 10.4. The number of aromatic nitrogens is 1. The maximum absolute atomic E-state index is 10.9. The first kappa shape index (κ1) is 12.2. The summed E-state index contributed by atoms with van der Waals surface area (Å²) in [5.74, 6) is -0.0739. The van der Waals surface area contributed by atoms with Crippen molar-refractivity contribution in [3.05, 3.63) is 53.3 Å². The van der Waals surface area contributed by atoms with Crippen LogP contribution < -0.4 is 4.74 Å². The first-order valence-corrected chi connectivity index (χ1v) is 5.64. The molecule has 0 aliphatic carbocycles. The van der Waals surface area contributed by atoms with Gasteiger partial charge < -0.3 is 14.4 Å². The van der Waals surface area contributed by atoms with Gasteiger partial charge in [-0.3, -0.25) is 0 Å². The number of carboxylic acids is 1. The van der Waals surface area contributed by atoms with Crippen LogP contribution in [-0.4, -0.2) is 22.8 Å². The van der Waals surface area contributed by atoms with E-state index in [0.717, 1.165) is 17.0 Å². The summed E-state index contributed by atoms with van der Waals surface area (Å²) in [5, 5.41) is 8.98. The van der Waals surface area contributed by atoms with E-state index in [0.29, 0.717) is 12.1 Å². The van der Waals surface area contributed by atoms with E-state index in [1.165, 1.54) is 0 Å². The molecule has 0 amide bonds. The van der Waals surface area contributed by atoms with Crippen LogP contribution >= 0.6 is 0 Å². The third kappa shape index (κ3) is 2.37. The maximum Gasteiger partial charge on any atom is 0.337 e. The lowest BCUT2D eigenvalue weighted by atomic mass is 10.2. The minimum absolute atomic E-state index is 0.350. The zero-order chi connectivity index (χ0) is 13.1. The third-order valence-corrected chi connectivity index (χ3v) is 2.98. The quantitative estimate of drug-likeness (QED) is 0.900. The Kier molecular flexibility index (Phi) is 3.37. The number of nitrogens with zero attached hydrogens (tertiary/aromatic N) is 1. The zero-order valence-electron chi connectivity index (χ0n) is 10.4. The molecule has 18 heavy (non-hydrogen) atoms. The highest BCUT2D eigenvalue weighted by atomic mass is 16.5. The minimum Gasteiger partial charge on any atom is -0.497 e. The van der Waals surface area contributed by atoms with Gasteiger partial charge in [-0.15, -0.1) is 0 Å². The van der Waals surface area contributed by atoms with Gasteiger partial charge in [-0.25, -0.2) is 4.79 Å². The Morgan fingerprint density at radius 3 is 2.44 bits per heavy atom. The van der Waals surface area contributed by atoms with Gasteiger partial charge in [-0.1, -0.05) is 12.1 Å². The number of carbonyl (C=O) groups is 1. The van der Waals surface area contributed by atoms with E-state index >= 15 is 0 Å². The molecule has 0 radical (unpaired) electrons. The van der Waals surface area contributed by atoms with E-state index in [1.54, 1.807) is 19.4 Å². The van der Waals surface area contributed by atoms with Crippen LogP contribution in [-0.2, 0) is 6.54 Å². The highest BCUT2D eigenvalue weighted by Crippen LogP contribution is 2.15. The van der Waals surface area contributed by atoms with Crippen LogP contribution in [0.1, 0.15) is 21.6 Å². The molecule has 0 spiro atoms. The predicted molar refractivity (Wildman–Crippen MR) is 68.2 cm³/mol. The smallest absolute Gasteiger partial charge is 0.337 e. The molecule has 1 aromatic heterocycles. The summed E-state index contributed by atoms with van der Waals surface area (Å²) >= 11 is 0.